The van der Waals surface area contributed by atoms with Gasteiger partial charge in [0.1, 0.15) is 4.90 Å². The van der Waals surface area contributed by atoms with Crippen LogP contribution in [0.2, 0.25) is 10.0 Å². The SMILES string of the molecule is CC(NC1=NS(=O)(=O)c2c(Cl)cc(Cl)cc2N1)c1ccccn1. The maximum absolute atomic E-state index is 12.3. The third-order valence-electron chi connectivity index (χ3n) is 3.22. The number of aromatic nitrogens is 1. The van der Waals surface area contributed by atoms with Crippen LogP contribution in [0.3, 0.4) is 0 Å². The van der Waals surface area contributed by atoms with Gasteiger partial charge in [-0.15, -0.1) is 4.40 Å². The molecule has 0 saturated heterocycles. The van der Waals surface area contributed by atoms with E-state index in [1.165, 1.54) is 12.1 Å². The van der Waals surface area contributed by atoms with E-state index >= 15 is 0 Å². The lowest BCUT2D eigenvalue weighted by Gasteiger charge is -2.22. The molecule has 0 saturated carbocycles. The molecule has 0 amide bonds. The number of guanidine groups is 1. The molecule has 120 valence electrons. The molecule has 2 heterocycles. The summed E-state index contributed by atoms with van der Waals surface area (Å²) in [5.41, 5.74) is 1.04. The zero-order valence-corrected chi connectivity index (χ0v) is 14.2. The number of benzene rings is 1. The number of nitrogens with zero attached hydrogens (tertiary/aromatic N) is 2. The second kappa shape index (κ2) is 5.99. The molecule has 1 aromatic heterocycles. The maximum Gasteiger partial charge on any atom is 0.289 e. The van der Waals surface area contributed by atoms with Gasteiger partial charge in [-0.25, -0.2) is 0 Å². The van der Waals surface area contributed by atoms with Crippen molar-refractivity contribution in [2.24, 2.45) is 4.40 Å². The van der Waals surface area contributed by atoms with Gasteiger partial charge in [0, 0.05) is 11.2 Å². The maximum atomic E-state index is 12.3. The van der Waals surface area contributed by atoms with Crippen LogP contribution < -0.4 is 10.6 Å². The Morgan fingerprint density at radius 3 is 2.74 bits per heavy atom. The highest BCUT2D eigenvalue weighted by Crippen LogP contribution is 2.36. The molecule has 6 nitrogen and oxygen atoms in total. The van der Waals surface area contributed by atoms with Crippen LogP contribution in [-0.2, 0) is 10.0 Å². The predicted octanol–water partition coefficient (Wildman–Crippen LogP) is 3.21. The summed E-state index contributed by atoms with van der Waals surface area (Å²) in [7, 11) is -3.91. The van der Waals surface area contributed by atoms with Crippen molar-refractivity contribution in [3.05, 3.63) is 52.3 Å². The van der Waals surface area contributed by atoms with Gasteiger partial charge in [-0.1, -0.05) is 29.3 Å². The minimum absolute atomic E-state index is 0.0283. The lowest BCUT2D eigenvalue weighted by atomic mass is 10.2. The lowest BCUT2D eigenvalue weighted by molar-refractivity contribution is 0.596. The Balaban J connectivity index is 1.93. The number of hydrogen-bond acceptors (Lipinski definition) is 5. The van der Waals surface area contributed by atoms with Crippen LogP contribution in [0.1, 0.15) is 18.7 Å². The third-order valence-corrected chi connectivity index (χ3v) is 5.22. The molecule has 0 bridgehead atoms. The van der Waals surface area contributed by atoms with E-state index in [0.717, 1.165) is 5.69 Å². The van der Waals surface area contributed by atoms with E-state index in [-0.39, 0.29) is 27.6 Å². The molecule has 0 aliphatic carbocycles. The van der Waals surface area contributed by atoms with Crippen molar-refractivity contribution in [1.82, 2.24) is 10.3 Å². The number of hydrogen-bond donors (Lipinski definition) is 2. The van der Waals surface area contributed by atoms with Crippen LogP contribution in [0, 0.1) is 0 Å². The predicted molar refractivity (Wildman–Crippen MR) is 90.5 cm³/mol. The van der Waals surface area contributed by atoms with Crippen molar-refractivity contribution in [1.29, 1.82) is 0 Å². The molecule has 0 fully saturated rings. The molecule has 23 heavy (non-hydrogen) atoms. The second-order valence-corrected chi connectivity index (χ2v) is 7.31. The number of halogens is 2. The summed E-state index contributed by atoms with van der Waals surface area (Å²) in [6.07, 6.45) is 1.66. The van der Waals surface area contributed by atoms with Crippen molar-refractivity contribution in [2.75, 3.05) is 5.32 Å². The molecule has 2 aromatic rings. The summed E-state index contributed by atoms with van der Waals surface area (Å²) in [5.74, 6) is 0.0917. The van der Waals surface area contributed by atoms with Gasteiger partial charge in [0.25, 0.3) is 10.0 Å². The molecule has 0 spiro atoms. The summed E-state index contributed by atoms with van der Waals surface area (Å²) < 4.78 is 28.4. The van der Waals surface area contributed by atoms with Crippen LogP contribution in [0.4, 0.5) is 5.69 Å². The van der Waals surface area contributed by atoms with Crippen molar-refractivity contribution in [2.45, 2.75) is 17.9 Å². The molecule has 2 N–H and O–H groups in total. The highest BCUT2D eigenvalue weighted by atomic mass is 35.5. The number of rotatable bonds is 2. The minimum atomic E-state index is -3.91. The topological polar surface area (TPSA) is 83.5 Å². The monoisotopic (exact) mass is 370 g/mol. The molecule has 1 aromatic carbocycles. The molecule has 0 radical (unpaired) electrons. The summed E-state index contributed by atoms with van der Waals surface area (Å²) in [4.78, 5) is 4.13. The van der Waals surface area contributed by atoms with E-state index in [0.29, 0.717) is 5.02 Å². The highest BCUT2D eigenvalue weighted by Gasteiger charge is 2.29. The molecular weight excluding hydrogens is 359 g/mol. The Hall–Kier alpha value is -1.83. The van der Waals surface area contributed by atoms with Crippen LogP contribution >= 0.6 is 23.2 Å². The Bertz CT molecular complexity index is 885. The van der Waals surface area contributed by atoms with Crippen molar-refractivity contribution >= 4 is 44.9 Å². The number of nitrogens with one attached hydrogen (secondary N) is 2. The van der Waals surface area contributed by atoms with Crippen LogP contribution in [0.5, 0.6) is 0 Å². The van der Waals surface area contributed by atoms with E-state index in [2.05, 4.69) is 20.0 Å². The van der Waals surface area contributed by atoms with E-state index in [1.54, 1.807) is 12.3 Å². The fraction of sp³-hybridized carbons (Fsp3) is 0.143. The van der Waals surface area contributed by atoms with Crippen LogP contribution in [-0.4, -0.2) is 19.4 Å². The molecule has 9 heteroatoms. The van der Waals surface area contributed by atoms with Gasteiger partial charge >= 0.3 is 0 Å². The quantitative estimate of drug-likeness (QED) is 0.847. The smallest absolute Gasteiger partial charge is 0.289 e. The van der Waals surface area contributed by atoms with Crippen LogP contribution in [0.15, 0.2) is 45.8 Å². The van der Waals surface area contributed by atoms with E-state index < -0.39 is 10.0 Å². The molecule has 1 aliphatic heterocycles. The number of pyridine rings is 1. The Kier molecular flexibility index (Phi) is 4.18. The Morgan fingerprint density at radius 2 is 2.04 bits per heavy atom. The first-order chi connectivity index (χ1) is 10.9. The molecule has 1 unspecified atom stereocenters. The zero-order valence-electron chi connectivity index (χ0n) is 11.9. The van der Waals surface area contributed by atoms with E-state index in [9.17, 15) is 8.42 Å². The summed E-state index contributed by atoms with van der Waals surface area (Å²) in [5, 5.41) is 6.24. The number of sulfonamides is 1. The lowest BCUT2D eigenvalue weighted by Crippen LogP contribution is -2.36. The zero-order chi connectivity index (χ0) is 16.6. The standard InChI is InChI=1S/C14H12Cl2N4O2S/c1-8(11-4-2-3-5-17-11)18-14-19-12-7-9(15)6-10(16)13(12)23(21,22)20-14/h2-8H,1H3,(H2,18,19,20). The van der Waals surface area contributed by atoms with Gasteiger partial charge in [-0.2, -0.15) is 8.42 Å². The van der Waals surface area contributed by atoms with E-state index in [1.807, 2.05) is 19.1 Å². The van der Waals surface area contributed by atoms with Crippen molar-refractivity contribution in [3.8, 4) is 0 Å². The molecule has 1 aliphatic rings. The summed E-state index contributed by atoms with van der Waals surface area (Å²) in [6, 6.07) is 8.10. The number of fused-ring (bicyclic) bond motifs is 1. The Labute approximate surface area is 143 Å². The molecule has 3 rings (SSSR count). The highest BCUT2D eigenvalue weighted by molar-refractivity contribution is 7.90. The minimum Gasteiger partial charge on any atom is -0.347 e. The van der Waals surface area contributed by atoms with Crippen LogP contribution in [0.25, 0.3) is 0 Å². The fourth-order valence-corrected chi connectivity index (χ4v) is 4.11. The fourth-order valence-electron chi connectivity index (χ4n) is 2.21. The summed E-state index contributed by atoms with van der Waals surface area (Å²) >= 11 is 11.9. The average Bonchev–Trinajstić information content (AvgIpc) is 2.45. The third kappa shape index (κ3) is 3.26. The van der Waals surface area contributed by atoms with Crippen molar-refractivity contribution < 1.29 is 8.42 Å². The van der Waals surface area contributed by atoms with Gasteiger partial charge in [0.2, 0.25) is 5.96 Å². The Morgan fingerprint density at radius 1 is 1.26 bits per heavy atom. The van der Waals surface area contributed by atoms with Gasteiger partial charge in [-0.3, -0.25) is 4.98 Å². The van der Waals surface area contributed by atoms with Gasteiger partial charge in [-0.05, 0) is 31.2 Å². The average molecular weight is 371 g/mol. The van der Waals surface area contributed by atoms with Gasteiger partial charge in [0.05, 0.1) is 22.4 Å². The first kappa shape index (κ1) is 16.0. The molecule has 1 atom stereocenters. The largest absolute Gasteiger partial charge is 0.347 e. The van der Waals surface area contributed by atoms with Crippen molar-refractivity contribution in [3.63, 3.8) is 0 Å². The molecular formula is C14H12Cl2N4O2S. The second-order valence-electron chi connectivity index (χ2n) is 4.92. The summed E-state index contributed by atoms with van der Waals surface area (Å²) in [6.45, 7) is 1.85. The first-order valence-electron chi connectivity index (χ1n) is 6.65. The van der Waals surface area contributed by atoms with Gasteiger partial charge in [0.15, 0.2) is 0 Å². The first-order valence-corrected chi connectivity index (χ1v) is 8.85. The number of anilines is 1. The van der Waals surface area contributed by atoms with E-state index in [4.69, 9.17) is 23.2 Å². The van der Waals surface area contributed by atoms with Gasteiger partial charge < -0.3 is 10.6 Å². The normalized spacial score (nSPS) is 16.7.